The highest BCUT2D eigenvalue weighted by Crippen LogP contribution is 2.63. The second kappa shape index (κ2) is 18.4. The van der Waals surface area contributed by atoms with Crippen LogP contribution in [0.5, 0.6) is 0 Å². The number of rotatable bonds is 18. The van der Waals surface area contributed by atoms with Crippen LogP contribution >= 0.6 is 30.4 Å². The van der Waals surface area contributed by atoms with E-state index in [0.29, 0.717) is 11.8 Å². The average Bonchev–Trinajstić information content (AvgIpc) is 3.82. The molecule has 5 heterocycles. The minimum Gasteiger partial charge on any atom is -0.323 e. The maximum atomic E-state index is 12.4. The van der Waals surface area contributed by atoms with E-state index < -0.39 is 41.4 Å². The van der Waals surface area contributed by atoms with Crippen LogP contribution in [0.3, 0.4) is 0 Å². The van der Waals surface area contributed by atoms with Crippen LogP contribution in [-0.2, 0) is 18.3 Å². The Morgan fingerprint density at radius 3 is 0.929 bits per heavy atom. The number of piperazine rings is 1. The lowest BCUT2D eigenvalue weighted by Gasteiger charge is -2.47. The summed E-state index contributed by atoms with van der Waals surface area (Å²) in [5.41, 5.74) is -4.25. The van der Waals surface area contributed by atoms with Gasteiger partial charge in [0.25, 0.3) is 0 Å². The first-order valence-electron chi connectivity index (χ1n) is 21.4. The Hall–Kier alpha value is 0.440. The van der Waals surface area contributed by atoms with E-state index in [1.54, 1.807) is 0 Å². The lowest BCUT2D eigenvalue weighted by molar-refractivity contribution is -1.02. The molecule has 0 aromatic heterocycles. The van der Waals surface area contributed by atoms with Crippen LogP contribution in [0.1, 0.15) is 91.9 Å². The van der Waals surface area contributed by atoms with Gasteiger partial charge in [-0.05, 0) is 75.0 Å². The predicted molar refractivity (Wildman–Crippen MR) is 215 cm³/mol. The van der Waals surface area contributed by atoms with Crippen LogP contribution in [0.4, 0.5) is 0 Å². The molecule has 5 aliphatic heterocycles. The molecular weight excluding hydrogens is 804 g/mol. The van der Waals surface area contributed by atoms with Gasteiger partial charge >= 0.3 is 30.4 Å². The minimum absolute atomic E-state index is 0.0524. The van der Waals surface area contributed by atoms with Crippen molar-refractivity contribution in [3.8, 4) is 0 Å². The molecule has 5 aliphatic rings. The maximum absolute atomic E-state index is 12.4. The van der Waals surface area contributed by atoms with E-state index in [1.165, 1.54) is 53.3 Å². The zero-order valence-electron chi connectivity index (χ0n) is 34.1. The van der Waals surface area contributed by atoms with Crippen molar-refractivity contribution >= 4 is 30.4 Å². The van der Waals surface area contributed by atoms with Gasteiger partial charge in [-0.1, -0.05) is 40.5 Å². The number of hydrogen-bond acceptors (Lipinski definition) is 6. The molecule has 16 nitrogen and oxygen atoms in total. The monoisotopic (exact) mass is 878 g/mol. The van der Waals surface area contributed by atoms with Gasteiger partial charge in [-0.15, -0.1) is 0 Å². The van der Waals surface area contributed by atoms with Gasteiger partial charge in [0.15, 0.2) is 0 Å². The molecule has 0 aliphatic carbocycles. The number of likely N-dealkylation sites (tertiary alicyclic amines) is 2. The van der Waals surface area contributed by atoms with Gasteiger partial charge in [0.2, 0.25) is 11.0 Å². The fourth-order valence-corrected chi connectivity index (χ4v) is 18.2. The highest BCUT2D eigenvalue weighted by atomic mass is 31.2. The number of quaternary nitrogens is 2. The molecule has 8 N–H and O–H groups in total. The fourth-order valence-electron chi connectivity index (χ4n) is 12.6. The van der Waals surface area contributed by atoms with Gasteiger partial charge in [0.1, 0.15) is 26.2 Å². The quantitative estimate of drug-likeness (QED) is 0.0701. The molecule has 0 saturated carbocycles. The van der Waals surface area contributed by atoms with Crippen molar-refractivity contribution in [3.63, 3.8) is 0 Å². The zero-order chi connectivity index (χ0) is 41.5. The third kappa shape index (κ3) is 11.1. The predicted octanol–water partition coefficient (Wildman–Crippen LogP) is 4.48. The van der Waals surface area contributed by atoms with E-state index in [2.05, 4.69) is 27.7 Å². The van der Waals surface area contributed by atoms with Crippen molar-refractivity contribution in [2.24, 2.45) is 47.3 Å². The van der Waals surface area contributed by atoms with E-state index in [1.807, 2.05) is 0 Å². The van der Waals surface area contributed by atoms with Gasteiger partial charge in [0, 0.05) is 49.9 Å². The molecule has 8 atom stereocenters. The Morgan fingerprint density at radius 1 is 0.429 bits per heavy atom. The van der Waals surface area contributed by atoms with E-state index in [-0.39, 0.29) is 49.9 Å². The molecule has 0 aromatic carbocycles. The first-order valence-corrected chi connectivity index (χ1v) is 28.1. The Morgan fingerprint density at radius 2 is 0.679 bits per heavy atom. The van der Waals surface area contributed by atoms with Crippen LogP contribution in [0.2, 0.25) is 0 Å². The second-order valence-corrected chi connectivity index (χ2v) is 26.4. The first-order chi connectivity index (χ1) is 26.0. The average molecular weight is 879 g/mol. The molecule has 328 valence electrons. The number of nitrogens with zero attached hydrogens (tertiary/aromatic N) is 4. The summed E-state index contributed by atoms with van der Waals surface area (Å²) in [5, 5.41) is 0. The van der Waals surface area contributed by atoms with Gasteiger partial charge in [-0.2, -0.15) is 0 Å². The van der Waals surface area contributed by atoms with Crippen LogP contribution in [-0.4, -0.2) is 147 Å². The molecule has 20 heteroatoms. The second-order valence-electron chi connectivity index (χ2n) is 18.9. The van der Waals surface area contributed by atoms with E-state index >= 15 is 0 Å². The molecule has 5 fully saturated rings. The zero-order valence-corrected chi connectivity index (χ0v) is 37.7. The van der Waals surface area contributed by atoms with E-state index in [4.69, 9.17) is 0 Å². The van der Waals surface area contributed by atoms with Crippen molar-refractivity contribution in [2.75, 3.05) is 78.5 Å². The molecule has 5 saturated heterocycles. The Bertz CT molecular complexity index is 1370. The standard InChI is InChI=1S/C36H72N4O12P4/c1-5-9-29-19-37(35(53(41,42)43)54(44,45)46)21-31(29)11-13-33-25-40(17-15-39(16-18-40)23-27(7-3)28(8-4)24-39)26-34(33)14-12-32-22-38(20-30(32)10-6-2)36(55(47,48)49)56(50,51)52/h27-36H,5-26H2,1-4H3,(H6-2,41,42,43,44,45,46,47,48,49,50,51,52)/p+2. The SMILES string of the molecule is CCCC1CN(C(P(=O)(O)O)P(=O)(O)O)CC1CCC1C[N+]2(CC[N+]3(CC2)CC(CC)C(CC)C3)CC1CCC1CN(C(P(=O)(O)O)P(=O)(O)O)CC1CCC. The Labute approximate surface area is 334 Å². The molecule has 0 radical (unpaired) electrons. The van der Waals surface area contributed by atoms with Crippen molar-refractivity contribution < 1.29 is 66.4 Å². The highest BCUT2D eigenvalue weighted by molar-refractivity contribution is 7.71. The van der Waals surface area contributed by atoms with Gasteiger partial charge in [0.05, 0.1) is 26.2 Å². The summed E-state index contributed by atoms with van der Waals surface area (Å²) in [4.78, 5) is 82.8. The molecule has 2 spiro atoms. The van der Waals surface area contributed by atoms with Crippen molar-refractivity contribution in [3.05, 3.63) is 0 Å². The summed E-state index contributed by atoms with van der Waals surface area (Å²) < 4.78 is 51.7. The summed E-state index contributed by atoms with van der Waals surface area (Å²) in [6.07, 6.45) is 9.20. The molecule has 56 heavy (non-hydrogen) atoms. The van der Waals surface area contributed by atoms with Crippen LogP contribution < -0.4 is 0 Å². The van der Waals surface area contributed by atoms with Crippen molar-refractivity contribution in [1.82, 2.24) is 9.80 Å². The van der Waals surface area contributed by atoms with Crippen LogP contribution in [0.15, 0.2) is 0 Å². The lowest BCUT2D eigenvalue weighted by Crippen LogP contribution is -2.65. The summed E-state index contributed by atoms with van der Waals surface area (Å²) in [6, 6.07) is 0. The van der Waals surface area contributed by atoms with Gasteiger partial charge in [-0.3, -0.25) is 28.1 Å². The molecular formula is C36H74N4O12P4+2. The largest absolute Gasteiger partial charge is 0.354 e. The Balaban J connectivity index is 1.33. The summed E-state index contributed by atoms with van der Waals surface area (Å²) in [6.45, 7) is 19.0. The first kappa shape index (κ1) is 47.5. The normalized spacial score (nSPS) is 36.7. The number of hydrogen-bond donors (Lipinski definition) is 8. The third-order valence-corrected chi connectivity index (χ3v) is 22.5. The minimum atomic E-state index is -5.11. The van der Waals surface area contributed by atoms with E-state index in [0.717, 1.165) is 93.9 Å². The van der Waals surface area contributed by atoms with Crippen molar-refractivity contribution in [2.45, 2.75) is 103 Å². The van der Waals surface area contributed by atoms with Crippen LogP contribution in [0.25, 0.3) is 0 Å². The summed E-state index contributed by atoms with van der Waals surface area (Å²) in [5.74, 6) is 2.57. The van der Waals surface area contributed by atoms with Crippen LogP contribution in [0, 0.1) is 47.3 Å². The van der Waals surface area contributed by atoms with Gasteiger partial charge in [-0.25, -0.2) is 0 Å². The molecule has 0 amide bonds. The third-order valence-electron chi connectivity index (χ3n) is 15.2. The fraction of sp³-hybridized carbons (Fsp3) is 1.00. The van der Waals surface area contributed by atoms with E-state index in [9.17, 15) is 57.4 Å². The Kier molecular flexibility index (Phi) is 15.6. The smallest absolute Gasteiger partial charge is 0.323 e. The summed E-state index contributed by atoms with van der Waals surface area (Å²) in [7, 11) is -20.4. The molecule has 0 aromatic rings. The maximum Gasteiger partial charge on any atom is 0.354 e. The van der Waals surface area contributed by atoms with Crippen molar-refractivity contribution in [1.29, 1.82) is 0 Å². The summed E-state index contributed by atoms with van der Waals surface area (Å²) >= 11 is 0. The molecule has 0 bridgehead atoms. The van der Waals surface area contributed by atoms with Gasteiger partial charge < -0.3 is 48.1 Å². The molecule has 8 unspecified atom stereocenters. The molecule has 5 rings (SSSR count). The highest BCUT2D eigenvalue weighted by Gasteiger charge is 2.56. The lowest BCUT2D eigenvalue weighted by atomic mass is 9.80. The topological polar surface area (TPSA) is 237 Å².